The number of sulfonamides is 1. The van der Waals surface area contributed by atoms with E-state index >= 15 is 0 Å². The Balaban J connectivity index is 1.68. The normalized spacial score (nSPS) is 14.5. The topological polar surface area (TPSA) is 162 Å². The van der Waals surface area contributed by atoms with Crippen LogP contribution in [0.2, 0.25) is 0 Å². The number of carbonyl (C=O) groups is 2. The van der Waals surface area contributed by atoms with Gasteiger partial charge in [-0.3, -0.25) is 14.9 Å². The number of nitro benzene ring substituents is 1. The van der Waals surface area contributed by atoms with Crippen molar-refractivity contribution in [2.24, 2.45) is 0 Å². The minimum atomic E-state index is -3.87. The number of benzene rings is 2. The maximum atomic E-state index is 13.2. The van der Waals surface area contributed by atoms with Crippen molar-refractivity contribution in [1.82, 2.24) is 4.31 Å². The predicted octanol–water partition coefficient (Wildman–Crippen LogP) is 2.93. The molecule has 1 saturated carbocycles. The van der Waals surface area contributed by atoms with Gasteiger partial charge in [-0.1, -0.05) is 31.4 Å². The zero-order chi connectivity index (χ0) is 24.9. The number of nitrogens with zero attached hydrogens (tertiary/aromatic N) is 2. The van der Waals surface area contributed by atoms with Gasteiger partial charge in [-0.15, -0.1) is 0 Å². The second kappa shape index (κ2) is 10.6. The summed E-state index contributed by atoms with van der Waals surface area (Å²) in [5, 5.41) is 13.5. The molecule has 3 rings (SSSR count). The molecular weight excluding hydrogens is 464 g/mol. The molecule has 34 heavy (non-hydrogen) atoms. The van der Waals surface area contributed by atoms with Crippen LogP contribution in [0.4, 0.5) is 17.1 Å². The summed E-state index contributed by atoms with van der Waals surface area (Å²) in [5.74, 6) is -1.72. The number of nitrogens with two attached hydrogens (primary N) is 1. The smallest absolute Gasteiger partial charge is 0.338 e. The fourth-order valence-electron chi connectivity index (χ4n) is 3.82. The number of nitrogens with one attached hydrogen (secondary N) is 1. The highest BCUT2D eigenvalue weighted by molar-refractivity contribution is 7.89. The van der Waals surface area contributed by atoms with Crippen molar-refractivity contribution in [3.05, 3.63) is 58.1 Å². The van der Waals surface area contributed by atoms with Crippen LogP contribution in [0.5, 0.6) is 0 Å². The molecule has 0 atom stereocenters. The SMILES string of the molecule is CN(C1CCCCC1)S(=O)(=O)c1ccccc1NC(=O)COC(=O)c1ccc(N)c([N+](=O)[O-])c1. The zero-order valence-corrected chi connectivity index (χ0v) is 19.4. The molecule has 3 N–H and O–H groups in total. The van der Waals surface area contributed by atoms with Crippen molar-refractivity contribution in [2.75, 3.05) is 24.7 Å². The molecule has 0 spiro atoms. The Hall–Kier alpha value is -3.51. The van der Waals surface area contributed by atoms with E-state index in [-0.39, 0.29) is 27.9 Å². The summed E-state index contributed by atoms with van der Waals surface area (Å²) < 4.78 is 32.7. The van der Waals surface area contributed by atoms with E-state index in [1.54, 1.807) is 12.1 Å². The number of nitro groups is 1. The van der Waals surface area contributed by atoms with Crippen LogP contribution in [-0.4, -0.2) is 49.2 Å². The average Bonchev–Trinajstić information content (AvgIpc) is 2.83. The Morgan fingerprint density at radius 3 is 2.53 bits per heavy atom. The molecule has 0 heterocycles. The van der Waals surface area contributed by atoms with Gasteiger partial charge in [0.1, 0.15) is 10.6 Å². The number of rotatable bonds is 8. The number of nitrogen functional groups attached to an aromatic ring is 1. The molecule has 0 aromatic heterocycles. The minimum Gasteiger partial charge on any atom is -0.452 e. The van der Waals surface area contributed by atoms with Gasteiger partial charge < -0.3 is 15.8 Å². The number of para-hydroxylation sites is 1. The van der Waals surface area contributed by atoms with Crippen LogP contribution in [0.25, 0.3) is 0 Å². The molecule has 1 amide bonds. The fourth-order valence-corrected chi connectivity index (χ4v) is 5.38. The number of carbonyl (C=O) groups excluding carboxylic acids is 2. The Labute approximate surface area is 197 Å². The van der Waals surface area contributed by atoms with Gasteiger partial charge in [0.05, 0.1) is 16.2 Å². The molecule has 0 bridgehead atoms. The van der Waals surface area contributed by atoms with Crippen molar-refractivity contribution in [1.29, 1.82) is 0 Å². The van der Waals surface area contributed by atoms with E-state index in [2.05, 4.69) is 5.32 Å². The highest BCUT2D eigenvalue weighted by Crippen LogP contribution is 2.30. The number of esters is 1. The van der Waals surface area contributed by atoms with Gasteiger partial charge in [0.2, 0.25) is 10.0 Å². The standard InChI is InChI=1S/C22H26N4O7S/c1-25(16-7-3-2-4-8-16)34(31,32)20-10-6-5-9-18(20)24-21(27)14-33-22(28)15-11-12-17(23)19(13-15)26(29)30/h5-6,9-13,16H,2-4,7-8,14,23H2,1H3,(H,24,27). The molecule has 1 aliphatic rings. The van der Waals surface area contributed by atoms with Crippen LogP contribution < -0.4 is 11.1 Å². The fraction of sp³-hybridized carbons (Fsp3) is 0.364. The van der Waals surface area contributed by atoms with Gasteiger partial charge in [-0.25, -0.2) is 13.2 Å². The molecule has 12 heteroatoms. The Morgan fingerprint density at radius 1 is 1.18 bits per heavy atom. The van der Waals surface area contributed by atoms with Crippen molar-refractivity contribution in [3.63, 3.8) is 0 Å². The van der Waals surface area contributed by atoms with E-state index in [0.717, 1.165) is 38.2 Å². The molecule has 1 aliphatic carbocycles. The van der Waals surface area contributed by atoms with E-state index in [0.29, 0.717) is 0 Å². The van der Waals surface area contributed by atoms with Crippen LogP contribution in [0.1, 0.15) is 42.5 Å². The number of anilines is 2. The van der Waals surface area contributed by atoms with Crippen LogP contribution in [-0.2, 0) is 19.6 Å². The molecule has 2 aromatic carbocycles. The lowest BCUT2D eigenvalue weighted by atomic mass is 9.96. The first kappa shape index (κ1) is 25.1. The first-order chi connectivity index (χ1) is 16.1. The first-order valence-corrected chi connectivity index (χ1v) is 12.1. The van der Waals surface area contributed by atoms with Crippen LogP contribution in [0, 0.1) is 10.1 Å². The summed E-state index contributed by atoms with van der Waals surface area (Å²) in [6.45, 7) is -0.718. The third-order valence-electron chi connectivity index (χ3n) is 5.70. The predicted molar refractivity (Wildman–Crippen MR) is 125 cm³/mol. The molecule has 0 unspecified atom stereocenters. The number of hydrogen-bond acceptors (Lipinski definition) is 8. The number of ether oxygens (including phenoxy) is 1. The second-order valence-electron chi connectivity index (χ2n) is 7.96. The molecule has 11 nitrogen and oxygen atoms in total. The summed E-state index contributed by atoms with van der Waals surface area (Å²) in [7, 11) is -2.33. The van der Waals surface area contributed by atoms with Gasteiger partial charge >= 0.3 is 5.97 Å². The second-order valence-corrected chi connectivity index (χ2v) is 9.93. The molecule has 182 valence electrons. The molecule has 0 radical (unpaired) electrons. The maximum Gasteiger partial charge on any atom is 0.338 e. The lowest BCUT2D eigenvalue weighted by molar-refractivity contribution is -0.383. The Kier molecular flexibility index (Phi) is 7.84. The van der Waals surface area contributed by atoms with Gasteiger partial charge in [0.15, 0.2) is 6.61 Å². The highest BCUT2D eigenvalue weighted by atomic mass is 32.2. The molecular formula is C22H26N4O7S. The van der Waals surface area contributed by atoms with Gasteiger partial charge in [-0.05, 0) is 37.1 Å². The third-order valence-corrected chi connectivity index (χ3v) is 7.67. The Bertz CT molecular complexity index is 1190. The van der Waals surface area contributed by atoms with E-state index in [9.17, 15) is 28.1 Å². The summed E-state index contributed by atoms with van der Waals surface area (Å²) in [5.41, 5.74) is 4.85. The van der Waals surface area contributed by atoms with E-state index in [4.69, 9.17) is 10.5 Å². The Morgan fingerprint density at radius 2 is 1.85 bits per heavy atom. The third kappa shape index (κ3) is 5.69. The summed E-state index contributed by atoms with van der Waals surface area (Å²) in [6, 6.07) is 9.28. The largest absolute Gasteiger partial charge is 0.452 e. The minimum absolute atomic E-state index is 0.0584. The van der Waals surface area contributed by atoms with Crippen LogP contribution >= 0.6 is 0 Å². The number of amides is 1. The molecule has 2 aromatic rings. The first-order valence-electron chi connectivity index (χ1n) is 10.7. The molecule has 0 saturated heterocycles. The van der Waals surface area contributed by atoms with E-state index in [1.807, 2.05) is 0 Å². The number of hydrogen-bond donors (Lipinski definition) is 2. The van der Waals surface area contributed by atoms with Gasteiger partial charge in [0, 0.05) is 19.2 Å². The lowest BCUT2D eigenvalue weighted by Crippen LogP contribution is -2.38. The summed E-state index contributed by atoms with van der Waals surface area (Å²) >= 11 is 0. The molecule has 0 aliphatic heterocycles. The van der Waals surface area contributed by atoms with Gasteiger partial charge in [0.25, 0.3) is 11.6 Å². The quantitative estimate of drug-likeness (QED) is 0.247. The van der Waals surface area contributed by atoms with E-state index in [1.165, 1.54) is 35.6 Å². The maximum absolute atomic E-state index is 13.2. The lowest BCUT2D eigenvalue weighted by Gasteiger charge is -2.30. The van der Waals surface area contributed by atoms with Crippen molar-refractivity contribution >= 4 is 39.0 Å². The molecule has 1 fully saturated rings. The summed E-state index contributed by atoms with van der Waals surface area (Å²) in [4.78, 5) is 34.8. The van der Waals surface area contributed by atoms with Crippen molar-refractivity contribution < 1.29 is 27.7 Å². The monoisotopic (exact) mass is 490 g/mol. The van der Waals surface area contributed by atoms with Crippen LogP contribution in [0.15, 0.2) is 47.4 Å². The summed E-state index contributed by atoms with van der Waals surface area (Å²) in [6.07, 6.45) is 4.57. The van der Waals surface area contributed by atoms with Crippen molar-refractivity contribution in [2.45, 2.75) is 43.0 Å². The van der Waals surface area contributed by atoms with Crippen molar-refractivity contribution in [3.8, 4) is 0 Å². The highest BCUT2D eigenvalue weighted by Gasteiger charge is 2.31. The van der Waals surface area contributed by atoms with Gasteiger partial charge in [-0.2, -0.15) is 4.31 Å². The van der Waals surface area contributed by atoms with E-state index < -0.39 is 39.1 Å². The average molecular weight is 491 g/mol. The van der Waals surface area contributed by atoms with Crippen LogP contribution in [0.3, 0.4) is 0 Å². The zero-order valence-electron chi connectivity index (χ0n) is 18.6.